The average Bonchev–Trinajstić information content (AvgIpc) is 3.20. The van der Waals surface area contributed by atoms with Crippen molar-refractivity contribution in [2.45, 2.75) is 224 Å². The van der Waals surface area contributed by atoms with E-state index in [1.54, 1.807) is 0 Å². The van der Waals surface area contributed by atoms with E-state index < -0.39 is 71.2 Å². The number of ether oxygens (including phenoxy) is 4. The third-order valence-electron chi connectivity index (χ3n) is 10.5. The van der Waals surface area contributed by atoms with Gasteiger partial charge in [0.25, 0.3) is 10.1 Å². The second-order valence-corrected chi connectivity index (χ2v) is 17.6. The molecule has 1 aliphatic rings. The first-order chi connectivity index (χ1) is 28.5. The van der Waals surface area contributed by atoms with E-state index in [1.165, 1.54) is 96.3 Å². The molecule has 0 aromatic heterocycles. The van der Waals surface area contributed by atoms with E-state index in [1.807, 2.05) is 12.2 Å². The summed E-state index contributed by atoms with van der Waals surface area (Å²) in [6.07, 6.45) is 32.1. The van der Waals surface area contributed by atoms with E-state index in [0.29, 0.717) is 12.8 Å². The largest absolute Gasteiger partial charge is 0.462 e. The maximum absolute atomic E-state index is 12.8. The van der Waals surface area contributed by atoms with E-state index >= 15 is 0 Å². The maximum atomic E-state index is 12.8. The van der Waals surface area contributed by atoms with Crippen molar-refractivity contribution in [1.82, 2.24) is 0 Å². The van der Waals surface area contributed by atoms with Crippen LogP contribution in [-0.4, -0.2) is 96.0 Å². The van der Waals surface area contributed by atoms with Crippen molar-refractivity contribution in [1.29, 1.82) is 0 Å². The molecule has 1 fully saturated rings. The summed E-state index contributed by atoms with van der Waals surface area (Å²) in [6, 6.07) is 0. The molecule has 1 aliphatic heterocycles. The van der Waals surface area contributed by atoms with Crippen LogP contribution < -0.4 is 0 Å². The van der Waals surface area contributed by atoms with E-state index in [-0.39, 0.29) is 19.4 Å². The highest BCUT2D eigenvalue weighted by Crippen LogP contribution is 2.24. The zero-order valence-electron chi connectivity index (χ0n) is 36.6. The van der Waals surface area contributed by atoms with Gasteiger partial charge in [0, 0.05) is 12.8 Å². The Kier molecular flexibility index (Phi) is 34.0. The molecule has 0 spiro atoms. The van der Waals surface area contributed by atoms with Gasteiger partial charge in [0.1, 0.15) is 36.8 Å². The number of allylic oxidation sites excluding steroid dienone is 6. The van der Waals surface area contributed by atoms with E-state index in [0.717, 1.165) is 51.4 Å². The Bertz CT molecular complexity index is 1240. The molecule has 0 aromatic rings. The first-order valence-electron chi connectivity index (χ1n) is 23.0. The first-order valence-corrected chi connectivity index (χ1v) is 24.7. The standard InChI is InChI=1S/C46H82O12S/c1-3-5-7-9-11-13-15-17-18-19-20-21-23-24-26-28-30-32-34-41(47)55-36-39(37-56-46-45(51)44(50)43(49)40(58-46)38-59(52,53)54)57-42(48)35-33-31-29-27-25-22-16-14-12-10-8-6-4-2/h20-22,25,29,31,39-40,43-46,49-51H,3-19,23-24,26-28,30,32-38H2,1-2H3,(H,52,53,54)/b21-20+,25-22+,31-29+/t39?,40-,43-,44?,45?,46+/m1/s1. The second-order valence-electron chi connectivity index (χ2n) is 16.1. The quantitative estimate of drug-likeness (QED) is 0.0200. The summed E-state index contributed by atoms with van der Waals surface area (Å²) in [5.74, 6) is -2.08. The molecule has 3 unspecified atom stereocenters. The molecule has 4 N–H and O–H groups in total. The number of carbonyl (C=O) groups is 2. The number of carbonyl (C=O) groups excluding carboxylic acids is 2. The predicted octanol–water partition coefficient (Wildman–Crippen LogP) is 9.39. The lowest BCUT2D eigenvalue weighted by Gasteiger charge is -2.40. The van der Waals surface area contributed by atoms with Crippen molar-refractivity contribution in [3.05, 3.63) is 36.5 Å². The number of unbranched alkanes of at least 4 members (excludes halogenated alkanes) is 20. The van der Waals surface area contributed by atoms with E-state index in [2.05, 4.69) is 38.2 Å². The summed E-state index contributed by atoms with van der Waals surface area (Å²) < 4.78 is 53.9. The van der Waals surface area contributed by atoms with Gasteiger partial charge >= 0.3 is 11.9 Å². The minimum absolute atomic E-state index is 0.0570. The normalized spacial score (nSPS) is 20.5. The lowest BCUT2D eigenvalue weighted by Crippen LogP contribution is -2.60. The molecule has 1 heterocycles. The summed E-state index contributed by atoms with van der Waals surface area (Å²) in [4.78, 5) is 25.3. The van der Waals surface area contributed by atoms with Crippen LogP contribution >= 0.6 is 0 Å². The zero-order chi connectivity index (χ0) is 43.4. The summed E-state index contributed by atoms with van der Waals surface area (Å²) in [5.41, 5.74) is 0. The van der Waals surface area contributed by atoms with Crippen LogP contribution in [-0.2, 0) is 38.7 Å². The topological polar surface area (TPSA) is 186 Å². The van der Waals surface area contributed by atoms with Crippen LogP contribution in [0.3, 0.4) is 0 Å². The van der Waals surface area contributed by atoms with Crippen LogP contribution in [0.15, 0.2) is 36.5 Å². The smallest absolute Gasteiger partial charge is 0.306 e. The number of aliphatic hydroxyl groups excluding tert-OH is 3. The Morgan fingerprint density at radius 1 is 0.576 bits per heavy atom. The molecule has 0 saturated carbocycles. The second kappa shape index (κ2) is 36.5. The van der Waals surface area contributed by atoms with Gasteiger partial charge in [-0.2, -0.15) is 8.42 Å². The summed E-state index contributed by atoms with van der Waals surface area (Å²) >= 11 is 0. The molecular weight excluding hydrogens is 777 g/mol. The van der Waals surface area contributed by atoms with Crippen LogP contribution in [0.5, 0.6) is 0 Å². The molecule has 1 saturated heterocycles. The fourth-order valence-corrected chi connectivity index (χ4v) is 7.53. The Morgan fingerprint density at radius 2 is 1.05 bits per heavy atom. The van der Waals surface area contributed by atoms with Crippen LogP contribution in [0, 0.1) is 0 Å². The molecule has 0 aromatic carbocycles. The van der Waals surface area contributed by atoms with Gasteiger partial charge in [0.2, 0.25) is 0 Å². The van der Waals surface area contributed by atoms with Crippen molar-refractivity contribution in [2.24, 2.45) is 0 Å². The van der Waals surface area contributed by atoms with Crippen molar-refractivity contribution in [2.75, 3.05) is 19.0 Å². The molecule has 13 heteroatoms. The summed E-state index contributed by atoms with van der Waals surface area (Å²) in [7, 11) is -4.61. The lowest BCUT2D eigenvalue weighted by atomic mass is 10.00. The van der Waals surface area contributed by atoms with Crippen molar-refractivity contribution < 1.29 is 56.8 Å². The molecule has 0 bridgehead atoms. The van der Waals surface area contributed by atoms with Gasteiger partial charge in [0.05, 0.1) is 6.61 Å². The highest BCUT2D eigenvalue weighted by atomic mass is 32.2. The molecule has 0 radical (unpaired) electrons. The molecule has 6 atom stereocenters. The fourth-order valence-electron chi connectivity index (χ4n) is 6.84. The van der Waals surface area contributed by atoms with Gasteiger partial charge < -0.3 is 34.3 Å². The van der Waals surface area contributed by atoms with Gasteiger partial charge in [-0.25, -0.2) is 0 Å². The molecule has 0 aliphatic carbocycles. The SMILES string of the molecule is CCCCCCCC/C=C/C/C=C/CCC(=O)OC(COC(=O)CCCCCCC/C=C/CCCCCCCCCCC)CO[C@H]1O[C@H](CS(=O)(=O)O)[C@@H](O)C(O)C1O. The molecule has 12 nitrogen and oxygen atoms in total. The maximum Gasteiger partial charge on any atom is 0.306 e. The Balaban J connectivity index is 2.46. The fraction of sp³-hybridized carbons (Fsp3) is 0.826. The summed E-state index contributed by atoms with van der Waals surface area (Å²) in [5, 5.41) is 30.8. The van der Waals surface area contributed by atoms with E-state index in [4.69, 9.17) is 18.9 Å². The number of hydrogen-bond acceptors (Lipinski definition) is 11. The van der Waals surface area contributed by atoms with Crippen LogP contribution in [0.2, 0.25) is 0 Å². The molecule has 59 heavy (non-hydrogen) atoms. The number of hydrogen-bond donors (Lipinski definition) is 4. The highest BCUT2D eigenvalue weighted by Gasteiger charge is 2.46. The third kappa shape index (κ3) is 31.4. The van der Waals surface area contributed by atoms with Gasteiger partial charge in [-0.3, -0.25) is 14.1 Å². The van der Waals surface area contributed by atoms with Crippen LogP contribution in [0.4, 0.5) is 0 Å². The van der Waals surface area contributed by atoms with Gasteiger partial charge in [-0.05, 0) is 57.8 Å². The number of esters is 2. The van der Waals surface area contributed by atoms with Gasteiger partial charge in [-0.15, -0.1) is 0 Å². The molecule has 344 valence electrons. The third-order valence-corrected chi connectivity index (χ3v) is 11.2. The van der Waals surface area contributed by atoms with Crippen LogP contribution in [0.1, 0.15) is 187 Å². The molecule has 1 rings (SSSR count). The molecule has 0 amide bonds. The first kappa shape index (κ1) is 54.9. The Labute approximate surface area is 357 Å². The predicted molar refractivity (Wildman–Crippen MR) is 233 cm³/mol. The lowest BCUT2D eigenvalue weighted by molar-refractivity contribution is -0.297. The van der Waals surface area contributed by atoms with E-state index in [9.17, 15) is 37.9 Å². The van der Waals surface area contributed by atoms with Crippen molar-refractivity contribution in [3.8, 4) is 0 Å². The number of aliphatic hydroxyl groups is 3. The molecular formula is C46H82O12S. The summed E-state index contributed by atoms with van der Waals surface area (Å²) in [6.45, 7) is 3.69. The number of rotatable bonds is 38. The van der Waals surface area contributed by atoms with Gasteiger partial charge in [0.15, 0.2) is 12.4 Å². The average molecular weight is 859 g/mol. The minimum atomic E-state index is -4.61. The minimum Gasteiger partial charge on any atom is -0.462 e. The van der Waals surface area contributed by atoms with Crippen molar-refractivity contribution in [3.63, 3.8) is 0 Å². The monoisotopic (exact) mass is 859 g/mol. The Morgan fingerprint density at radius 3 is 1.58 bits per heavy atom. The van der Waals surface area contributed by atoms with Crippen molar-refractivity contribution >= 4 is 22.1 Å². The zero-order valence-corrected chi connectivity index (χ0v) is 37.4. The highest BCUT2D eigenvalue weighted by molar-refractivity contribution is 7.85. The Hall–Kier alpha value is -2.13. The van der Waals surface area contributed by atoms with Crippen LogP contribution in [0.25, 0.3) is 0 Å². The van der Waals surface area contributed by atoms with Gasteiger partial charge in [-0.1, -0.05) is 153 Å².